The van der Waals surface area contributed by atoms with Gasteiger partial charge in [-0.2, -0.15) is 0 Å². The average Bonchev–Trinajstić information content (AvgIpc) is 2.86. The first kappa shape index (κ1) is 26.4. The van der Waals surface area contributed by atoms with E-state index in [0.29, 0.717) is 18.8 Å². The Hall–Kier alpha value is -3.25. The highest BCUT2D eigenvalue weighted by Crippen LogP contribution is 2.31. The lowest BCUT2D eigenvalue weighted by atomic mass is 10.1. The lowest BCUT2D eigenvalue weighted by molar-refractivity contribution is -0.131. The van der Waals surface area contributed by atoms with Crippen LogP contribution >= 0.6 is 11.8 Å². The predicted octanol–water partition coefficient (Wildman–Crippen LogP) is 7.45. The van der Waals surface area contributed by atoms with Crippen LogP contribution in [0.15, 0.2) is 88.7 Å². The molecule has 0 heterocycles. The molecule has 0 aliphatic heterocycles. The van der Waals surface area contributed by atoms with Crippen molar-refractivity contribution in [1.82, 2.24) is 5.32 Å². The average molecular weight is 491 g/mol. The van der Waals surface area contributed by atoms with Gasteiger partial charge in [-0.3, -0.25) is 9.69 Å². The van der Waals surface area contributed by atoms with Crippen LogP contribution in [0.1, 0.15) is 51.5 Å². The molecule has 6 heteroatoms. The van der Waals surface area contributed by atoms with Gasteiger partial charge in [-0.25, -0.2) is 4.79 Å². The standard InChI is InChI=1S/C29H34N2O3S/c1-3-4-5-6-10-20-31(29(33)30-22-24-12-8-7-9-13-24)25-14-11-15-28(21-25)35-27-18-16-26(17-19-27)34-23(2)32/h7-9,11-19,21H,3-6,10,20,22H2,1-2H3,(H,30,33). The fraction of sp³-hybridized carbons (Fsp3) is 0.310. The first-order valence-electron chi connectivity index (χ1n) is 12.2. The van der Waals surface area contributed by atoms with E-state index >= 15 is 0 Å². The second-order valence-corrected chi connectivity index (χ2v) is 9.52. The molecule has 0 bridgehead atoms. The van der Waals surface area contributed by atoms with Gasteiger partial charge in [-0.1, -0.05) is 80.8 Å². The molecule has 0 aromatic heterocycles. The summed E-state index contributed by atoms with van der Waals surface area (Å²) in [6.07, 6.45) is 5.69. The smallest absolute Gasteiger partial charge is 0.322 e. The molecule has 0 aliphatic rings. The van der Waals surface area contributed by atoms with Gasteiger partial charge in [-0.15, -0.1) is 0 Å². The normalized spacial score (nSPS) is 10.6. The van der Waals surface area contributed by atoms with E-state index in [1.807, 2.05) is 65.6 Å². The van der Waals surface area contributed by atoms with E-state index in [1.165, 1.54) is 26.2 Å². The number of carbonyl (C=O) groups excluding carboxylic acids is 2. The number of unbranched alkanes of at least 4 members (excludes halogenated alkanes) is 4. The Labute approximate surface area is 212 Å². The molecule has 0 radical (unpaired) electrons. The Kier molecular flexibility index (Phi) is 10.7. The molecule has 1 N–H and O–H groups in total. The van der Waals surface area contributed by atoms with E-state index in [0.717, 1.165) is 33.9 Å². The van der Waals surface area contributed by atoms with Crippen LogP contribution in [0.4, 0.5) is 10.5 Å². The van der Waals surface area contributed by atoms with Crippen molar-refractivity contribution in [3.8, 4) is 5.75 Å². The summed E-state index contributed by atoms with van der Waals surface area (Å²) in [4.78, 5) is 28.2. The summed E-state index contributed by atoms with van der Waals surface area (Å²) >= 11 is 1.60. The summed E-state index contributed by atoms with van der Waals surface area (Å²) in [5, 5.41) is 3.08. The van der Waals surface area contributed by atoms with Crippen molar-refractivity contribution < 1.29 is 14.3 Å². The fourth-order valence-electron chi connectivity index (χ4n) is 3.68. The number of nitrogens with zero attached hydrogens (tertiary/aromatic N) is 1. The topological polar surface area (TPSA) is 58.6 Å². The van der Waals surface area contributed by atoms with Crippen LogP contribution in [0, 0.1) is 0 Å². The second kappa shape index (κ2) is 14.2. The minimum atomic E-state index is -0.335. The zero-order chi connectivity index (χ0) is 24.9. The second-order valence-electron chi connectivity index (χ2n) is 8.37. The number of urea groups is 1. The van der Waals surface area contributed by atoms with Crippen molar-refractivity contribution in [3.63, 3.8) is 0 Å². The van der Waals surface area contributed by atoms with Crippen LogP contribution in [0.2, 0.25) is 0 Å². The Morgan fingerprint density at radius 3 is 2.31 bits per heavy atom. The molecule has 0 aliphatic carbocycles. The number of benzene rings is 3. The first-order chi connectivity index (χ1) is 17.0. The molecular formula is C29H34N2O3S. The Balaban J connectivity index is 1.70. The van der Waals surface area contributed by atoms with Crippen molar-refractivity contribution in [3.05, 3.63) is 84.4 Å². The highest BCUT2D eigenvalue weighted by molar-refractivity contribution is 7.99. The van der Waals surface area contributed by atoms with Crippen molar-refractivity contribution >= 4 is 29.4 Å². The van der Waals surface area contributed by atoms with Gasteiger partial charge in [0.15, 0.2) is 0 Å². The van der Waals surface area contributed by atoms with E-state index < -0.39 is 0 Å². The molecule has 0 saturated heterocycles. The predicted molar refractivity (Wildman–Crippen MR) is 143 cm³/mol. The van der Waals surface area contributed by atoms with E-state index in [4.69, 9.17) is 4.74 Å². The Morgan fingerprint density at radius 2 is 1.60 bits per heavy atom. The summed E-state index contributed by atoms with van der Waals surface area (Å²) in [7, 11) is 0. The maximum atomic E-state index is 13.2. The summed E-state index contributed by atoms with van der Waals surface area (Å²) in [6, 6.07) is 25.4. The van der Waals surface area contributed by atoms with Crippen LogP contribution in [0.3, 0.4) is 0 Å². The number of esters is 1. The molecule has 0 fully saturated rings. The summed E-state index contributed by atoms with van der Waals surface area (Å²) in [6.45, 7) is 4.76. The van der Waals surface area contributed by atoms with Crippen LogP contribution in [-0.4, -0.2) is 18.5 Å². The summed E-state index contributed by atoms with van der Waals surface area (Å²) in [5.74, 6) is 0.193. The molecule has 0 unspecified atom stereocenters. The van der Waals surface area contributed by atoms with Gasteiger partial charge in [0, 0.05) is 35.5 Å². The first-order valence-corrected chi connectivity index (χ1v) is 13.0. The van der Waals surface area contributed by atoms with E-state index in [-0.39, 0.29) is 12.0 Å². The number of amides is 2. The molecule has 0 spiro atoms. The van der Waals surface area contributed by atoms with Crippen LogP contribution in [0.5, 0.6) is 5.75 Å². The van der Waals surface area contributed by atoms with Crippen molar-refractivity contribution in [2.24, 2.45) is 0 Å². The van der Waals surface area contributed by atoms with E-state index in [2.05, 4.69) is 18.3 Å². The molecule has 2 amide bonds. The third-order valence-corrected chi connectivity index (χ3v) is 6.46. The zero-order valence-electron chi connectivity index (χ0n) is 20.5. The molecule has 3 aromatic rings. The van der Waals surface area contributed by atoms with Gasteiger partial charge in [0.2, 0.25) is 0 Å². The molecular weight excluding hydrogens is 456 g/mol. The van der Waals surface area contributed by atoms with Crippen LogP contribution in [0.25, 0.3) is 0 Å². The minimum absolute atomic E-state index is 0.0859. The number of nitrogens with one attached hydrogen (secondary N) is 1. The molecule has 0 atom stereocenters. The number of rotatable bonds is 12. The third kappa shape index (κ3) is 9.13. The Morgan fingerprint density at radius 1 is 0.857 bits per heavy atom. The number of hydrogen-bond acceptors (Lipinski definition) is 4. The maximum Gasteiger partial charge on any atom is 0.322 e. The Bertz CT molecular complexity index is 1070. The quantitative estimate of drug-likeness (QED) is 0.163. The molecule has 35 heavy (non-hydrogen) atoms. The maximum absolute atomic E-state index is 13.2. The van der Waals surface area contributed by atoms with Crippen LogP contribution in [-0.2, 0) is 11.3 Å². The summed E-state index contributed by atoms with van der Waals surface area (Å²) in [5.41, 5.74) is 1.96. The van der Waals surface area contributed by atoms with Crippen LogP contribution < -0.4 is 15.0 Å². The fourth-order valence-corrected chi connectivity index (χ4v) is 4.55. The van der Waals surface area contributed by atoms with Gasteiger partial charge in [0.25, 0.3) is 0 Å². The molecule has 3 aromatic carbocycles. The largest absolute Gasteiger partial charge is 0.427 e. The van der Waals surface area contributed by atoms with E-state index in [1.54, 1.807) is 23.9 Å². The number of ether oxygens (including phenoxy) is 1. The molecule has 5 nitrogen and oxygen atoms in total. The number of hydrogen-bond donors (Lipinski definition) is 1. The SMILES string of the molecule is CCCCCCCN(C(=O)NCc1ccccc1)c1cccc(Sc2ccc(OC(C)=O)cc2)c1. The zero-order valence-corrected chi connectivity index (χ0v) is 21.4. The van der Waals surface area contributed by atoms with E-state index in [9.17, 15) is 9.59 Å². The molecule has 184 valence electrons. The number of carbonyl (C=O) groups is 2. The van der Waals surface area contributed by atoms with Gasteiger partial charge >= 0.3 is 12.0 Å². The lowest BCUT2D eigenvalue weighted by Gasteiger charge is -2.24. The molecule has 0 saturated carbocycles. The molecule has 3 rings (SSSR count). The van der Waals surface area contributed by atoms with Gasteiger partial charge < -0.3 is 10.1 Å². The third-order valence-electron chi connectivity index (χ3n) is 5.47. The van der Waals surface area contributed by atoms with Crippen molar-refractivity contribution in [1.29, 1.82) is 0 Å². The van der Waals surface area contributed by atoms with Gasteiger partial charge in [-0.05, 0) is 54.4 Å². The highest BCUT2D eigenvalue weighted by atomic mass is 32.2. The monoisotopic (exact) mass is 490 g/mol. The highest BCUT2D eigenvalue weighted by Gasteiger charge is 2.16. The lowest BCUT2D eigenvalue weighted by Crippen LogP contribution is -2.40. The summed E-state index contributed by atoms with van der Waals surface area (Å²) < 4.78 is 5.11. The van der Waals surface area contributed by atoms with Crippen molar-refractivity contribution in [2.45, 2.75) is 62.3 Å². The number of anilines is 1. The van der Waals surface area contributed by atoms with Gasteiger partial charge in [0.05, 0.1) is 0 Å². The van der Waals surface area contributed by atoms with Gasteiger partial charge in [0.1, 0.15) is 5.75 Å². The minimum Gasteiger partial charge on any atom is -0.427 e. The van der Waals surface area contributed by atoms with Crippen molar-refractivity contribution in [2.75, 3.05) is 11.4 Å².